The molecule has 1 aliphatic rings. The van der Waals surface area contributed by atoms with Crippen LogP contribution in [0.25, 0.3) is 11.8 Å². The number of allylic oxidation sites excluding steroid dienone is 1. The number of fused-ring (bicyclic) bond motifs is 1. The van der Waals surface area contributed by atoms with Gasteiger partial charge in [0.1, 0.15) is 5.82 Å². The van der Waals surface area contributed by atoms with E-state index in [1.165, 1.54) is 54.4 Å². The maximum Gasteiger partial charge on any atom is 0.194 e. The van der Waals surface area contributed by atoms with E-state index < -0.39 is 21.5 Å². The summed E-state index contributed by atoms with van der Waals surface area (Å²) in [6, 6.07) is 12.3. The molecule has 200 valence electrons. The van der Waals surface area contributed by atoms with Gasteiger partial charge in [-0.3, -0.25) is 4.79 Å². The van der Waals surface area contributed by atoms with Gasteiger partial charge in [0, 0.05) is 23.8 Å². The number of ketones is 1. The van der Waals surface area contributed by atoms with Gasteiger partial charge < -0.3 is 10.5 Å². The maximum atomic E-state index is 15.2. The van der Waals surface area contributed by atoms with Gasteiger partial charge in [-0.1, -0.05) is 24.3 Å². The number of aryl methyl sites for hydroxylation is 1. The first kappa shape index (κ1) is 26.3. The number of carbonyl (C=O) groups excluding carboxylic acids is 1. The Morgan fingerprint density at radius 3 is 2.56 bits per heavy atom. The first-order chi connectivity index (χ1) is 18.4. The lowest BCUT2D eigenvalue weighted by molar-refractivity contribution is 0.103. The van der Waals surface area contributed by atoms with Crippen molar-refractivity contribution in [2.75, 3.05) is 12.0 Å². The molecule has 0 bridgehead atoms. The number of aromatic nitrogens is 2. The molecule has 0 saturated carbocycles. The Hall–Kier alpha value is -4.31. The van der Waals surface area contributed by atoms with Crippen molar-refractivity contribution in [3.8, 4) is 17.2 Å². The Bertz CT molecular complexity index is 1790. The predicted molar refractivity (Wildman–Crippen MR) is 145 cm³/mol. The van der Waals surface area contributed by atoms with Crippen molar-refractivity contribution in [3.05, 3.63) is 105 Å². The molecule has 0 aliphatic heterocycles. The number of nitrogen functional groups attached to an aromatic ring is 1. The zero-order chi connectivity index (χ0) is 28.1. The third-order valence-electron chi connectivity index (χ3n) is 6.68. The van der Waals surface area contributed by atoms with E-state index in [1.54, 1.807) is 12.1 Å². The van der Waals surface area contributed by atoms with Crippen LogP contribution in [0.4, 0.5) is 14.6 Å². The molecule has 0 spiro atoms. The van der Waals surface area contributed by atoms with Crippen LogP contribution in [0, 0.1) is 25.5 Å². The first-order valence-electron chi connectivity index (χ1n) is 12.0. The normalized spacial score (nSPS) is 12.8. The molecule has 4 aromatic rings. The summed E-state index contributed by atoms with van der Waals surface area (Å²) < 4.78 is 59.4. The van der Waals surface area contributed by atoms with Crippen LogP contribution in [0.2, 0.25) is 0 Å². The molecule has 10 heteroatoms. The number of benzene rings is 3. The lowest BCUT2D eigenvalue weighted by Crippen LogP contribution is -2.10. The van der Waals surface area contributed by atoms with Gasteiger partial charge in [-0.2, -0.15) is 5.10 Å². The third kappa shape index (κ3) is 5.07. The Kier molecular flexibility index (Phi) is 6.59. The van der Waals surface area contributed by atoms with Crippen LogP contribution in [-0.4, -0.2) is 30.2 Å². The molecule has 1 aliphatic carbocycles. The molecule has 7 nitrogen and oxygen atoms in total. The van der Waals surface area contributed by atoms with Crippen molar-refractivity contribution < 1.29 is 26.7 Å². The molecule has 0 amide bonds. The zero-order valence-electron chi connectivity index (χ0n) is 21.5. The molecule has 0 saturated heterocycles. The second-order valence-corrected chi connectivity index (χ2v) is 11.8. The molecule has 1 heterocycles. The molecule has 0 fully saturated rings. The quantitative estimate of drug-likeness (QED) is 0.305. The van der Waals surface area contributed by atoms with Gasteiger partial charge in [0.15, 0.2) is 38.8 Å². The highest BCUT2D eigenvalue weighted by atomic mass is 32.2. The number of carbonyl (C=O) groups is 1. The SMILES string of the molecule is Cc1cc2c(cc1CS(C)(=O)=O)CC(C(=O)c1cnn(-c3ccc(Oc4ccccc4F)c(F)c3C)c1N)=C2. The second kappa shape index (κ2) is 9.77. The summed E-state index contributed by atoms with van der Waals surface area (Å²) in [5, 5.41) is 4.24. The topological polar surface area (TPSA) is 104 Å². The van der Waals surface area contributed by atoms with Gasteiger partial charge in [0.25, 0.3) is 0 Å². The number of anilines is 1. The fraction of sp³-hybridized carbons (Fsp3) is 0.172. The lowest BCUT2D eigenvalue weighted by atomic mass is 10.0. The van der Waals surface area contributed by atoms with E-state index >= 15 is 4.39 Å². The van der Waals surface area contributed by atoms with Crippen LogP contribution in [0.3, 0.4) is 0 Å². The van der Waals surface area contributed by atoms with Gasteiger partial charge >= 0.3 is 0 Å². The Labute approximate surface area is 224 Å². The van der Waals surface area contributed by atoms with Crippen LogP contribution in [0.15, 0.2) is 60.3 Å². The largest absolute Gasteiger partial charge is 0.451 e. The van der Waals surface area contributed by atoms with Gasteiger partial charge in [-0.25, -0.2) is 21.9 Å². The number of para-hydroxylation sites is 1. The van der Waals surface area contributed by atoms with Crippen LogP contribution >= 0.6 is 0 Å². The summed E-state index contributed by atoms with van der Waals surface area (Å²) >= 11 is 0. The van der Waals surface area contributed by atoms with Gasteiger partial charge in [0.2, 0.25) is 0 Å². The van der Waals surface area contributed by atoms with Crippen molar-refractivity contribution in [1.29, 1.82) is 0 Å². The monoisotopic (exact) mass is 549 g/mol. The average Bonchev–Trinajstić information content (AvgIpc) is 3.45. The van der Waals surface area contributed by atoms with Crippen molar-refractivity contribution in [2.45, 2.75) is 26.0 Å². The number of nitrogens with zero attached hydrogens (tertiary/aromatic N) is 2. The number of nitrogens with two attached hydrogens (primary N) is 1. The summed E-state index contributed by atoms with van der Waals surface area (Å²) in [5.74, 6) is -1.97. The maximum absolute atomic E-state index is 15.2. The molecular weight excluding hydrogens is 524 g/mol. The number of halogens is 2. The summed E-state index contributed by atoms with van der Waals surface area (Å²) in [7, 11) is -3.21. The average molecular weight is 550 g/mol. The van der Waals surface area contributed by atoms with Crippen LogP contribution < -0.4 is 10.5 Å². The molecule has 0 atom stereocenters. The smallest absolute Gasteiger partial charge is 0.194 e. The Morgan fingerprint density at radius 1 is 1.10 bits per heavy atom. The first-order valence-corrected chi connectivity index (χ1v) is 14.1. The lowest BCUT2D eigenvalue weighted by Gasteiger charge is -2.13. The summed E-state index contributed by atoms with van der Waals surface area (Å²) in [6.45, 7) is 3.35. The van der Waals surface area contributed by atoms with E-state index in [1.807, 2.05) is 19.1 Å². The van der Waals surface area contributed by atoms with Crippen molar-refractivity contribution in [3.63, 3.8) is 0 Å². The molecule has 0 unspecified atom stereocenters. The molecule has 1 aromatic heterocycles. The minimum Gasteiger partial charge on any atom is -0.451 e. The minimum atomic E-state index is -3.21. The van der Waals surface area contributed by atoms with Gasteiger partial charge in [0.05, 0.1) is 23.2 Å². The highest BCUT2D eigenvalue weighted by Crippen LogP contribution is 2.34. The fourth-order valence-electron chi connectivity index (χ4n) is 4.64. The summed E-state index contributed by atoms with van der Waals surface area (Å²) in [5.41, 5.74) is 10.6. The molecule has 39 heavy (non-hydrogen) atoms. The summed E-state index contributed by atoms with van der Waals surface area (Å²) in [4.78, 5) is 13.4. The number of sulfone groups is 1. The molecule has 0 radical (unpaired) electrons. The van der Waals surface area contributed by atoms with Crippen LogP contribution in [0.5, 0.6) is 11.5 Å². The standard InChI is InChI=1S/C29H25F2N3O4S/c1-16-10-18-11-20(12-19(18)13-21(16)15-39(3,36)37)28(35)22-14-33-34(29(22)32)24-8-9-26(27(31)17(24)2)38-25-7-5-4-6-23(25)30/h4-11,13-14H,12,15,32H2,1-3H3. The number of hydrogen-bond acceptors (Lipinski definition) is 6. The highest BCUT2D eigenvalue weighted by Gasteiger charge is 2.26. The van der Waals surface area contributed by atoms with Crippen LogP contribution in [0.1, 0.15) is 38.2 Å². The number of Topliss-reactive ketones (excluding diaryl/α,β-unsaturated/α-hetero) is 1. The fourth-order valence-corrected chi connectivity index (χ4v) is 5.52. The molecular formula is C29H25F2N3O4S. The Balaban J connectivity index is 1.41. The van der Waals surface area contributed by atoms with Crippen molar-refractivity contribution in [2.24, 2.45) is 0 Å². The van der Waals surface area contributed by atoms with E-state index in [4.69, 9.17) is 10.5 Å². The van der Waals surface area contributed by atoms with Gasteiger partial charge in [-0.05, 0) is 66.4 Å². The van der Waals surface area contributed by atoms with Gasteiger partial charge in [-0.15, -0.1) is 0 Å². The third-order valence-corrected chi connectivity index (χ3v) is 7.51. The molecule has 5 rings (SSSR count). The summed E-state index contributed by atoms with van der Waals surface area (Å²) in [6.07, 6.45) is 4.62. The van der Waals surface area contributed by atoms with Crippen molar-refractivity contribution >= 4 is 27.5 Å². The van der Waals surface area contributed by atoms with E-state index in [-0.39, 0.29) is 40.0 Å². The number of rotatable bonds is 7. The van der Waals surface area contributed by atoms with E-state index in [0.717, 1.165) is 16.7 Å². The number of ether oxygens (including phenoxy) is 1. The van der Waals surface area contributed by atoms with E-state index in [2.05, 4.69) is 5.10 Å². The number of hydrogen-bond donors (Lipinski definition) is 1. The minimum absolute atomic E-state index is 0.0380. The van der Waals surface area contributed by atoms with E-state index in [9.17, 15) is 17.6 Å². The molecule has 3 aromatic carbocycles. The van der Waals surface area contributed by atoms with E-state index in [0.29, 0.717) is 23.2 Å². The zero-order valence-corrected chi connectivity index (χ0v) is 22.3. The molecule has 2 N–H and O–H groups in total. The second-order valence-electron chi connectivity index (χ2n) is 9.63. The van der Waals surface area contributed by atoms with Crippen molar-refractivity contribution in [1.82, 2.24) is 9.78 Å². The Morgan fingerprint density at radius 2 is 1.85 bits per heavy atom. The highest BCUT2D eigenvalue weighted by molar-refractivity contribution is 7.89. The predicted octanol–water partition coefficient (Wildman–Crippen LogP) is 5.51. The van der Waals surface area contributed by atoms with Crippen LogP contribution in [-0.2, 0) is 22.0 Å².